The molecule has 3 rings (SSSR count). The number of hydrogen-bond acceptors (Lipinski definition) is 4. The van der Waals surface area contributed by atoms with E-state index in [0.29, 0.717) is 23.3 Å². The van der Waals surface area contributed by atoms with Crippen molar-refractivity contribution in [1.82, 2.24) is 24.8 Å². The van der Waals surface area contributed by atoms with E-state index in [9.17, 15) is 4.79 Å². The van der Waals surface area contributed by atoms with Crippen LogP contribution in [0.3, 0.4) is 0 Å². The second-order valence-corrected chi connectivity index (χ2v) is 6.35. The van der Waals surface area contributed by atoms with Gasteiger partial charge in [0.15, 0.2) is 5.65 Å². The van der Waals surface area contributed by atoms with E-state index in [1.165, 1.54) is 5.56 Å². The number of nitrogens with zero attached hydrogens (tertiary/aromatic N) is 4. The average molecular weight is 351 g/mol. The second kappa shape index (κ2) is 8.10. The van der Waals surface area contributed by atoms with Gasteiger partial charge in [-0.25, -0.2) is 9.97 Å². The lowest BCUT2D eigenvalue weighted by Gasteiger charge is -2.18. The number of benzene rings is 1. The number of amides is 1. The molecular formula is C20H25N5O. The van der Waals surface area contributed by atoms with E-state index in [-0.39, 0.29) is 5.91 Å². The number of carbonyl (C=O) groups is 1. The van der Waals surface area contributed by atoms with Crippen molar-refractivity contribution in [1.29, 1.82) is 0 Å². The number of carbonyl (C=O) groups excluding carboxylic acids is 1. The molecular weight excluding hydrogens is 326 g/mol. The third kappa shape index (κ3) is 3.91. The zero-order chi connectivity index (χ0) is 18.5. The first kappa shape index (κ1) is 18.1. The Balaban J connectivity index is 1.64. The molecule has 0 saturated heterocycles. The predicted octanol–water partition coefficient (Wildman–Crippen LogP) is 2.74. The van der Waals surface area contributed by atoms with Crippen molar-refractivity contribution >= 4 is 17.1 Å². The van der Waals surface area contributed by atoms with Gasteiger partial charge in [0.2, 0.25) is 0 Å². The number of hydrogen-bond donors (Lipinski definition) is 1. The fourth-order valence-electron chi connectivity index (χ4n) is 2.96. The summed E-state index contributed by atoms with van der Waals surface area (Å²) >= 11 is 0. The monoisotopic (exact) mass is 351 g/mol. The highest BCUT2D eigenvalue weighted by Gasteiger charge is 2.13. The van der Waals surface area contributed by atoms with Crippen molar-refractivity contribution in [2.75, 3.05) is 13.1 Å². The molecule has 3 aromatic rings. The van der Waals surface area contributed by atoms with Crippen LogP contribution in [0.2, 0.25) is 0 Å². The molecule has 1 amide bonds. The van der Waals surface area contributed by atoms with Crippen LogP contribution in [-0.2, 0) is 20.1 Å². The maximum atomic E-state index is 12.5. The number of aromatic nitrogens is 3. The summed E-state index contributed by atoms with van der Waals surface area (Å²) in [4.78, 5) is 23.5. The van der Waals surface area contributed by atoms with E-state index in [0.717, 1.165) is 25.2 Å². The Bertz CT molecular complexity index is 881. The lowest BCUT2D eigenvalue weighted by atomic mass is 10.1. The quantitative estimate of drug-likeness (QED) is 0.711. The minimum Gasteiger partial charge on any atom is -0.348 e. The summed E-state index contributed by atoms with van der Waals surface area (Å²) in [6, 6.07) is 10.1. The molecule has 0 radical (unpaired) electrons. The largest absolute Gasteiger partial charge is 0.348 e. The Labute approximate surface area is 153 Å². The number of imidazole rings is 1. The Morgan fingerprint density at radius 2 is 1.77 bits per heavy atom. The molecule has 26 heavy (non-hydrogen) atoms. The lowest BCUT2D eigenvalue weighted by molar-refractivity contribution is 0.0952. The van der Waals surface area contributed by atoms with Crippen LogP contribution in [0.1, 0.15) is 35.3 Å². The predicted molar refractivity (Wildman–Crippen MR) is 103 cm³/mol. The molecule has 0 unspecified atom stereocenters. The zero-order valence-electron chi connectivity index (χ0n) is 15.6. The highest BCUT2D eigenvalue weighted by atomic mass is 16.1. The SMILES string of the molecule is CCN(CC)Cc1ccc(CNC(=O)c2ccnc3c2ncn3C)cc1. The standard InChI is InChI=1S/C20H25N5O/c1-4-25(5-2)13-16-8-6-15(7-9-16)12-22-20(26)17-10-11-21-19-18(17)23-14-24(19)3/h6-11,14H,4-5,12-13H2,1-3H3,(H,22,26). The minimum atomic E-state index is -0.136. The first-order chi connectivity index (χ1) is 12.6. The van der Waals surface area contributed by atoms with Crippen molar-refractivity contribution in [2.24, 2.45) is 7.05 Å². The van der Waals surface area contributed by atoms with Gasteiger partial charge >= 0.3 is 0 Å². The molecule has 1 N–H and O–H groups in total. The van der Waals surface area contributed by atoms with Gasteiger partial charge in [-0.05, 0) is 30.3 Å². The Morgan fingerprint density at radius 1 is 1.08 bits per heavy atom. The summed E-state index contributed by atoms with van der Waals surface area (Å²) in [6.07, 6.45) is 3.31. The molecule has 6 heteroatoms. The van der Waals surface area contributed by atoms with E-state index in [2.05, 4.69) is 58.3 Å². The summed E-state index contributed by atoms with van der Waals surface area (Å²) in [5.41, 5.74) is 4.25. The lowest BCUT2D eigenvalue weighted by Crippen LogP contribution is -2.23. The molecule has 0 fully saturated rings. The van der Waals surface area contributed by atoms with Crippen LogP contribution >= 0.6 is 0 Å². The number of rotatable bonds is 7. The second-order valence-electron chi connectivity index (χ2n) is 6.35. The third-order valence-electron chi connectivity index (χ3n) is 4.62. The summed E-state index contributed by atoms with van der Waals surface area (Å²) in [7, 11) is 1.86. The zero-order valence-corrected chi connectivity index (χ0v) is 15.6. The van der Waals surface area contributed by atoms with Crippen molar-refractivity contribution < 1.29 is 4.79 Å². The molecule has 2 aromatic heterocycles. The molecule has 136 valence electrons. The van der Waals surface area contributed by atoms with Gasteiger partial charge in [0, 0.05) is 26.3 Å². The van der Waals surface area contributed by atoms with E-state index < -0.39 is 0 Å². The Kier molecular flexibility index (Phi) is 5.63. The van der Waals surface area contributed by atoms with Gasteiger partial charge < -0.3 is 9.88 Å². The first-order valence-corrected chi connectivity index (χ1v) is 8.96. The number of aryl methyl sites for hydroxylation is 1. The molecule has 0 atom stereocenters. The fraction of sp³-hybridized carbons (Fsp3) is 0.350. The molecule has 1 aromatic carbocycles. The van der Waals surface area contributed by atoms with Gasteiger partial charge in [-0.2, -0.15) is 0 Å². The van der Waals surface area contributed by atoms with Gasteiger partial charge in [0.25, 0.3) is 5.91 Å². The Hall–Kier alpha value is -2.73. The van der Waals surface area contributed by atoms with Crippen LogP contribution in [0, 0.1) is 0 Å². The van der Waals surface area contributed by atoms with Crippen molar-refractivity contribution in [3.63, 3.8) is 0 Å². The minimum absolute atomic E-state index is 0.136. The summed E-state index contributed by atoms with van der Waals surface area (Å²) in [5, 5.41) is 2.97. The van der Waals surface area contributed by atoms with E-state index in [4.69, 9.17) is 0 Å². The Morgan fingerprint density at radius 3 is 2.46 bits per heavy atom. The van der Waals surface area contributed by atoms with E-state index in [1.54, 1.807) is 23.2 Å². The van der Waals surface area contributed by atoms with E-state index in [1.807, 2.05) is 7.05 Å². The number of nitrogens with one attached hydrogen (secondary N) is 1. The summed E-state index contributed by atoms with van der Waals surface area (Å²) < 4.78 is 1.81. The molecule has 0 saturated carbocycles. The van der Waals surface area contributed by atoms with Crippen LogP contribution < -0.4 is 5.32 Å². The first-order valence-electron chi connectivity index (χ1n) is 8.96. The highest BCUT2D eigenvalue weighted by molar-refractivity contribution is 6.03. The molecule has 0 spiro atoms. The number of fused-ring (bicyclic) bond motifs is 1. The molecule has 6 nitrogen and oxygen atoms in total. The maximum Gasteiger partial charge on any atom is 0.253 e. The van der Waals surface area contributed by atoms with Crippen LogP contribution in [0.15, 0.2) is 42.9 Å². The van der Waals surface area contributed by atoms with Crippen LogP contribution in [-0.4, -0.2) is 38.4 Å². The smallest absolute Gasteiger partial charge is 0.253 e. The average Bonchev–Trinajstić information content (AvgIpc) is 3.06. The van der Waals surface area contributed by atoms with Crippen molar-refractivity contribution in [2.45, 2.75) is 26.9 Å². The van der Waals surface area contributed by atoms with Crippen molar-refractivity contribution in [3.05, 3.63) is 59.5 Å². The van der Waals surface area contributed by atoms with Gasteiger partial charge in [-0.1, -0.05) is 38.1 Å². The van der Waals surface area contributed by atoms with E-state index >= 15 is 0 Å². The topological polar surface area (TPSA) is 63.1 Å². The normalized spacial score (nSPS) is 11.2. The molecule has 0 aliphatic carbocycles. The molecule has 0 aliphatic heterocycles. The van der Waals surface area contributed by atoms with Gasteiger partial charge in [0.1, 0.15) is 5.52 Å². The summed E-state index contributed by atoms with van der Waals surface area (Å²) in [6.45, 7) is 7.87. The van der Waals surface area contributed by atoms with Crippen LogP contribution in [0.25, 0.3) is 11.2 Å². The number of pyridine rings is 1. The van der Waals surface area contributed by atoms with Crippen LogP contribution in [0.4, 0.5) is 0 Å². The molecule has 0 aliphatic rings. The van der Waals surface area contributed by atoms with Gasteiger partial charge in [0.05, 0.1) is 11.9 Å². The van der Waals surface area contributed by atoms with Gasteiger partial charge in [-0.15, -0.1) is 0 Å². The van der Waals surface area contributed by atoms with Crippen LogP contribution in [0.5, 0.6) is 0 Å². The molecule has 2 heterocycles. The third-order valence-corrected chi connectivity index (χ3v) is 4.62. The maximum absolute atomic E-state index is 12.5. The summed E-state index contributed by atoms with van der Waals surface area (Å²) in [5.74, 6) is -0.136. The van der Waals surface area contributed by atoms with Crippen molar-refractivity contribution in [3.8, 4) is 0 Å². The fourth-order valence-corrected chi connectivity index (χ4v) is 2.96. The van der Waals surface area contributed by atoms with Gasteiger partial charge in [-0.3, -0.25) is 9.69 Å². The highest BCUT2D eigenvalue weighted by Crippen LogP contribution is 2.14. The molecule has 0 bridgehead atoms.